The summed E-state index contributed by atoms with van der Waals surface area (Å²) in [4.78, 5) is 12.3. The number of halogens is 3. The average molecular weight is 338 g/mol. The fraction of sp³-hybridized carbons (Fsp3) is 0.400. The summed E-state index contributed by atoms with van der Waals surface area (Å²) in [6.45, 7) is 0. The molecular formula is C15H13F3N4O2. The summed E-state index contributed by atoms with van der Waals surface area (Å²) in [7, 11) is 1.33. The number of nitriles is 1. The minimum Gasteiger partial charge on any atom is -0.444 e. The number of ketones is 1. The van der Waals surface area contributed by atoms with Crippen LogP contribution in [0.2, 0.25) is 0 Å². The molecule has 1 atom stereocenters. The van der Waals surface area contributed by atoms with Crippen LogP contribution in [0, 0.1) is 11.3 Å². The molecule has 3 rings (SSSR count). The summed E-state index contributed by atoms with van der Waals surface area (Å²) >= 11 is 0. The Morgan fingerprint density at radius 3 is 2.75 bits per heavy atom. The van der Waals surface area contributed by atoms with Gasteiger partial charge in [-0.25, -0.2) is 0 Å². The molecular weight excluding hydrogens is 325 g/mol. The van der Waals surface area contributed by atoms with Gasteiger partial charge in [0, 0.05) is 25.5 Å². The van der Waals surface area contributed by atoms with Crippen LogP contribution in [-0.4, -0.2) is 15.6 Å². The van der Waals surface area contributed by atoms with E-state index in [1.807, 2.05) is 6.07 Å². The van der Waals surface area contributed by atoms with E-state index in [-0.39, 0.29) is 34.9 Å². The molecule has 1 aromatic heterocycles. The monoisotopic (exact) mass is 338 g/mol. The number of nitrogens with zero attached hydrogens (tertiary/aromatic N) is 3. The number of hydrogen-bond acceptors (Lipinski definition) is 5. The van der Waals surface area contributed by atoms with Crippen molar-refractivity contribution in [1.82, 2.24) is 9.78 Å². The first-order chi connectivity index (χ1) is 11.2. The zero-order valence-corrected chi connectivity index (χ0v) is 12.6. The van der Waals surface area contributed by atoms with Crippen LogP contribution in [0.5, 0.6) is 0 Å². The van der Waals surface area contributed by atoms with Gasteiger partial charge in [0.25, 0.3) is 0 Å². The van der Waals surface area contributed by atoms with Gasteiger partial charge in [-0.2, -0.15) is 23.5 Å². The van der Waals surface area contributed by atoms with Gasteiger partial charge in [-0.15, -0.1) is 0 Å². The topological polar surface area (TPSA) is 93.9 Å². The second-order valence-electron chi connectivity index (χ2n) is 5.61. The average Bonchev–Trinajstić information content (AvgIpc) is 2.88. The highest BCUT2D eigenvalue weighted by molar-refractivity contribution is 5.99. The summed E-state index contributed by atoms with van der Waals surface area (Å²) in [5, 5.41) is 12.8. The van der Waals surface area contributed by atoms with E-state index >= 15 is 0 Å². The van der Waals surface area contributed by atoms with Crippen molar-refractivity contribution in [3.63, 3.8) is 0 Å². The first kappa shape index (κ1) is 16.1. The maximum absolute atomic E-state index is 12.9. The Hall–Kier alpha value is -2.76. The molecule has 0 radical (unpaired) electrons. The van der Waals surface area contributed by atoms with E-state index in [2.05, 4.69) is 5.10 Å². The molecule has 1 aromatic rings. The molecule has 9 heteroatoms. The molecule has 6 nitrogen and oxygen atoms in total. The summed E-state index contributed by atoms with van der Waals surface area (Å²) in [6.07, 6.45) is -3.36. The van der Waals surface area contributed by atoms with Gasteiger partial charge in [0.2, 0.25) is 5.88 Å². The first-order valence-corrected chi connectivity index (χ1v) is 7.19. The maximum atomic E-state index is 12.9. The van der Waals surface area contributed by atoms with E-state index < -0.39 is 17.8 Å². The van der Waals surface area contributed by atoms with Crippen molar-refractivity contribution < 1.29 is 22.7 Å². The van der Waals surface area contributed by atoms with Gasteiger partial charge in [0.1, 0.15) is 17.4 Å². The van der Waals surface area contributed by atoms with Crippen LogP contribution in [0.3, 0.4) is 0 Å². The summed E-state index contributed by atoms with van der Waals surface area (Å²) < 4.78 is 45.2. The minimum absolute atomic E-state index is 0.0767. The smallest absolute Gasteiger partial charge is 0.435 e. The number of aryl methyl sites for hydroxylation is 1. The number of hydrogen-bond donors (Lipinski definition) is 1. The van der Waals surface area contributed by atoms with Crippen LogP contribution in [0.4, 0.5) is 13.2 Å². The highest BCUT2D eigenvalue weighted by atomic mass is 19.4. The molecule has 1 unspecified atom stereocenters. The van der Waals surface area contributed by atoms with E-state index in [0.717, 1.165) is 10.7 Å². The number of allylic oxidation sites excluding steroid dienone is 3. The van der Waals surface area contributed by atoms with Gasteiger partial charge < -0.3 is 10.5 Å². The molecule has 24 heavy (non-hydrogen) atoms. The number of carbonyl (C=O) groups excluding carboxylic acids is 1. The highest BCUT2D eigenvalue weighted by Crippen LogP contribution is 2.44. The number of aromatic nitrogens is 2. The number of ether oxygens (including phenoxy) is 1. The van der Waals surface area contributed by atoms with Crippen LogP contribution < -0.4 is 5.73 Å². The second-order valence-corrected chi connectivity index (χ2v) is 5.61. The van der Waals surface area contributed by atoms with E-state index in [1.54, 1.807) is 0 Å². The molecule has 2 aliphatic rings. The zero-order valence-electron chi connectivity index (χ0n) is 12.6. The van der Waals surface area contributed by atoms with E-state index in [0.29, 0.717) is 18.6 Å². The molecule has 126 valence electrons. The van der Waals surface area contributed by atoms with Crippen molar-refractivity contribution in [2.45, 2.75) is 31.4 Å². The van der Waals surface area contributed by atoms with Gasteiger partial charge in [-0.05, 0) is 12.5 Å². The fourth-order valence-corrected chi connectivity index (χ4v) is 3.04. The summed E-state index contributed by atoms with van der Waals surface area (Å²) in [6, 6.07) is 2.69. The van der Waals surface area contributed by atoms with Crippen molar-refractivity contribution in [3.8, 4) is 6.07 Å². The minimum atomic E-state index is -4.63. The lowest BCUT2D eigenvalue weighted by Gasteiger charge is -2.30. The standard InChI is InChI=1S/C15H13F3N4O2/c1-22-8(5-11(21-22)15(16,17)18)12-7(6-19)14(20)24-10-4-2-3-9(23)13(10)12/h5,12H,2-4,20H2,1H3. The molecule has 0 bridgehead atoms. The molecule has 2 N–H and O–H groups in total. The van der Waals surface area contributed by atoms with Crippen LogP contribution in [0.15, 0.2) is 28.9 Å². The van der Waals surface area contributed by atoms with Gasteiger partial charge in [0.15, 0.2) is 11.5 Å². The Morgan fingerprint density at radius 2 is 2.17 bits per heavy atom. The molecule has 0 fully saturated rings. The molecule has 2 heterocycles. The Morgan fingerprint density at radius 1 is 1.46 bits per heavy atom. The number of rotatable bonds is 1. The lowest BCUT2D eigenvalue weighted by molar-refractivity contribution is -0.141. The molecule has 0 amide bonds. The number of alkyl halides is 3. The number of nitrogens with two attached hydrogens (primary N) is 1. The molecule has 0 spiro atoms. The van der Waals surface area contributed by atoms with Gasteiger partial charge in [-0.3, -0.25) is 9.48 Å². The largest absolute Gasteiger partial charge is 0.444 e. The lowest BCUT2D eigenvalue weighted by atomic mass is 9.79. The van der Waals surface area contributed by atoms with E-state index in [1.165, 1.54) is 7.05 Å². The van der Waals surface area contributed by atoms with Crippen molar-refractivity contribution in [1.29, 1.82) is 5.26 Å². The lowest BCUT2D eigenvalue weighted by Crippen LogP contribution is -2.28. The van der Waals surface area contributed by atoms with Gasteiger partial charge >= 0.3 is 6.18 Å². The van der Waals surface area contributed by atoms with Crippen LogP contribution in [-0.2, 0) is 22.8 Å². The molecule has 0 saturated carbocycles. The van der Waals surface area contributed by atoms with Crippen molar-refractivity contribution in [3.05, 3.63) is 40.2 Å². The maximum Gasteiger partial charge on any atom is 0.435 e. The SMILES string of the molecule is Cn1nc(C(F)(F)F)cc1C1C(C#N)=C(N)OC2=C1C(=O)CCC2. The van der Waals surface area contributed by atoms with Crippen LogP contribution in [0.1, 0.15) is 36.6 Å². The Bertz CT molecular complexity index is 827. The predicted octanol–water partition coefficient (Wildman–Crippen LogP) is 2.25. The van der Waals surface area contributed by atoms with E-state index in [4.69, 9.17) is 10.5 Å². The summed E-state index contributed by atoms with van der Waals surface area (Å²) in [5.74, 6) is -1.12. The van der Waals surface area contributed by atoms with Gasteiger partial charge in [0.05, 0.1) is 11.6 Å². The van der Waals surface area contributed by atoms with Crippen LogP contribution >= 0.6 is 0 Å². The predicted molar refractivity (Wildman–Crippen MR) is 74.7 cm³/mol. The summed E-state index contributed by atoms with van der Waals surface area (Å²) in [5.41, 5.74) is 4.85. The normalized spacial score (nSPS) is 21.5. The molecule has 1 aliphatic carbocycles. The van der Waals surface area contributed by atoms with Crippen LogP contribution in [0.25, 0.3) is 0 Å². The van der Waals surface area contributed by atoms with Crippen molar-refractivity contribution in [2.24, 2.45) is 12.8 Å². The third-order valence-electron chi connectivity index (χ3n) is 4.11. The first-order valence-electron chi connectivity index (χ1n) is 7.19. The van der Waals surface area contributed by atoms with E-state index in [9.17, 15) is 23.2 Å². The Balaban J connectivity index is 2.20. The Labute approximate surface area is 135 Å². The van der Waals surface area contributed by atoms with Crippen molar-refractivity contribution >= 4 is 5.78 Å². The zero-order chi connectivity index (χ0) is 17.6. The van der Waals surface area contributed by atoms with Gasteiger partial charge in [-0.1, -0.05) is 0 Å². The van der Waals surface area contributed by atoms with Crippen molar-refractivity contribution in [2.75, 3.05) is 0 Å². The number of carbonyl (C=O) groups is 1. The molecule has 0 saturated heterocycles. The molecule has 0 aromatic carbocycles. The third kappa shape index (κ3) is 2.44. The number of Topliss-reactive ketones (excluding diaryl/α,β-unsaturated/α-hetero) is 1. The molecule has 1 aliphatic heterocycles. The highest BCUT2D eigenvalue weighted by Gasteiger charge is 2.42. The fourth-order valence-electron chi connectivity index (χ4n) is 3.04. The Kier molecular flexibility index (Phi) is 3.63. The quantitative estimate of drug-likeness (QED) is 0.847. The third-order valence-corrected chi connectivity index (χ3v) is 4.11. The second kappa shape index (κ2) is 5.40.